The van der Waals surface area contributed by atoms with Crippen LogP contribution >= 0.6 is 0 Å². The Morgan fingerprint density at radius 3 is 2.59 bits per heavy atom. The van der Waals surface area contributed by atoms with E-state index in [9.17, 15) is 15.0 Å². The summed E-state index contributed by atoms with van der Waals surface area (Å²) in [6.45, 7) is 4.28. The number of aliphatic hydroxyl groups is 2. The first kappa shape index (κ1) is 33.5. The van der Waals surface area contributed by atoms with Crippen LogP contribution in [0.15, 0.2) is 60.8 Å². The van der Waals surface area contributed by atoms with Gasteiger partial charge in [0.15, 0.2) is 0 Å². The topological polar surface area (TPSA) is 126 Å². The molecule has 10 heteroatoms. The number of methoxy groups -OCH3 is 1. The highest BCUT2D eigenvalue weighted by atomic mass is 19.1. The van der Waals surface area contributed by atoms with E-state index in [2.05, 4.69) is 21.8 Å². The predicted octanol–water partition coefficient (Wildman–Crippen LogP) is 4.62. The molecule has 2 unspecified atom stereocenters. The average molecular weight is 632 g/mol. The van der Waals surface area contributed by atoms with E-state index in [1.54, 1.807) is 19.4 Å². The molecule has 2 aromatic carbocycles. The fourth-order valence-electron chi connectivity index (χ4n) is 6.68. The van der Waals surface area contributed by atoms with Crippen molar-refractivity contribution < 1.29 is 24.1 Å². The molecule has 0 bridgehead atoms. The lowest BCUT2D eigenvalue weighted by Gasteiger charge is -2.34. The van der Waals surface area contributed by atoms with E-state index in [4.69, 9.17) is 10.5 Å². The molecule has 9 nitrogen and oxygen atoms in total. The van der Waals surface area contributed by atoms with Crippen LogP contribution in [0.1, 0.15) is 48.4 Å². The Balaban J connectivity index is 1.20. The summed E-state index contributed by atoms with van der Waals surface area (Å²) in [5.41, 5.74) is 12.4. The fraction of sp³-hybridized carbons (Fsp3) is 0.444. The number of hydrogen-bond acceptors (Lipinski definition) is 7. The van der Waals surface area contributed by atoms with Gasteiger partial charge < -0.3 is 35.5 Å². The third kappa shape index (κ3) is 7.75. The molecule has 0 radical (unpaired) electrons. The molecule has 46 heavy (non-hydrogen) atoms. The standard InChI is InChI=1S/C36H46FN5O4/c1-24-31-7-3-8-32(37)36(31)42(16-5-17-46-2)35(24)28-6-4-15-41(21-28)34(45)19-29(38)18-25-9-11-26(12-10-25)27-13-14-33(39-20-27)40-30(22-43)23-44/h3,7-14,20,28-30,43-44H,4-6,15-19,21-23,38H2,1-2H3,(H,39,40). The lowest BCUT2D eigenvalue weighted by molar-refractivity contribution is -0.132. The maximum atomic E-state index is 15.1. The zero-order valence-electron chi connectivity index (χ0n) is 26.8. The maximum Gasteiger partial charge on any atom is 0.224 e. The number of nitrogens with two attached hydrogens (primary N) is 1. The third-order valence-corrected chi connectivity index (χ3v) is 9.00. The van der Waals surface area contributed by atoms with Gasteiger partial charge in [-0.05, 0) is 67.5 Å². The number of piperidine rings is 1. The van der Waals surface area contributed by atoms with Gasteiger partial charge in [-0.2, -0.15) is 0 Å². The van der Waals surface area contributed by atoms with Crippen LogP contribution in [0.4, 0.5) is 10.2 Å². The number of carbonyl (C=O) groups is 1. The molecule has 5 N–H and O–H groups in total. The molecular formula is C36H46FN5O4. The Kier molecular flexibility index (Phi) is 11.4. The zero-order chi connectivity index (χ0) is 32.6. The van der Waals surface area contributed by atoms with Crippen molar-refractivity contribution in [2.45, 2.75) is 63.6 Å². The number of carbonyl (C=O) groups excluding carboxylic acids is 1. The smallest absolute Gasteiger partial charge is 0.224 e. The van der Waals surface area contributed by atoms with E-state index in [0.29, 0.717) is 44.0 Å². The van der Waals surface area contributed by atoms with Crippen molar-refractivity contribution in [2.75, 3.05) is 45.3 Å². The number of hydrogen-bond donors (Lipinski definition) is 4. The first-order valence-electron chi connectivity index (χ1n) is 16.2. The number of aryl methyl sites for hydroxylation is 2. The maximum absolute atomic E-state index is 15.1. The van der Waals surface area contributed by atoms with Crippen molar-refractivity contribution >= 4 is 22.6 Å². The molecule has 2 atom stereocenters. The first-order chi connectivity index (χ1) is 22.3. The molecule has 0 aliphatic carbocycles. The van der Waals surface area contributed by atoms with E-state index in [-0.39, 0.29) is 43.3 Å². The molecular weight excluding hydrogens is 585 g/mol. The molecule has 246 valence electrons. The van der Waals surface area contributed by atoms with Gasteiger partial charge >= 0.3 is 0 Å². The van der Waals surface area contributed by atoms with Crippen LogP contribution in [0.3, 0.4) is 0 Å². The van der Waals surface area contributed by atoms with Gasteiger partial charge in [-0.1, -0.05) is 36.4 Å². The van der Waals surface area contributed by atoms with Gasteiger partial charge in [0, 0.05) is 74.6 Å². The number of likely N-dealkylation sites (tertiary alicyclic amines) is 1. The second-order valence-corrected chi connectivity index (χ2v) is 12.3. The summed E-state index contributed by atoms with van der Waals surface area (Å²) in [7, 11) is 1.68. The molecule has 4 aromatic rings. The zero-order valence-corrected chi connectivity index (χ0v) is 26.8. The van der Waals surface area contributed by atoms with Gasteiger partial charge in [0.2, 0.25) is 5.91 Å². The largest absolute Gasteiger partial charge is 0.394 e. The van der Waals surface area contributed by atoms with Gasteiger partial charge in [0.25, 0.3) is 0 Å². The van der Waals surface area contributed by atoms with E-state index in [1.165, 1.54) is 6.07 Å². The monoisotopic (exact) mass is 631 g/mol. The first-order valence-corrected chi connectivity index (χ1v) is 16.2. The van der Waals surface area contributed by atoms with Crippen LogP contribution in [0.5, 0.6) is 0 Å². The Hall–Kier alpha value is -3.83. The van der Waals surface area contributed by atoms with Crippen LogP contribution < -0.4 is 11.1 Å². The number of pyridine rings is 1. The summed E-state index contributed by atoms with van der Waals surface area (Å²) in [5, 5.41) is 22.4. The van der Waals surface area contributed by atoms with Crippen LogP contribution in [0, 0.1) is 12.7 Å². The number of halogens is 1. The number of rotatable bonds is 14. The van der Waals surface area contributed by atoms with Crippen molar-refractivity contribution in [1.29, 1.82) is 0 Å². The summed E-state index contributed by atoms with van der Waals surface area (Å²) in [6.07, 6.45) is 5.22. The highest BCUT2D eigenvalue weighted by Gasteiger charge is 2.30. The molecule has 1 aliphatic rings. The van der Waals surface area contributed by atoms with Gasteiger partial charge in [-0.15, -0.1) is 0 Å². The van der Waals surface area contributed by atoms with Crippen LogP contribution in [0.2, 0.25) is 0 Å². The minimum Gasteiger partial charge on any atom is -0.394 e. The Morgan fingerprint density at radius 2 is 1.89 bits per heavy atom. The van der Waals surface area contributed by atoms with Crippen molar-refractivity contribution in [1.82, 2.24) is 14.5 Å². The second kappa shape index (κ2) is 15.6. The number of anilines is 1. The molecule has 1 amide bonds. The van der Waals surface area contributed by atoms with Crippen molar-refractivity contribution in [3.05, 3.63) is 83.4 Å². The van der Waals surface area contributed by atoms with Crippen molar-refractivity contribution in [2.24, 2.45) is 5.73 Å². The third-order valence-electron chi connectivity index (χ3n) is 9.00. The summed E-state index contributed by atoms with van der Waals surface area (Å²) < 4.78 is 22.5. The van der Waals surface area contributed by atoms with Crippen molar-refractivity contribution in [3.8, 4) is 11.1 Å². The summed E-state index contributed by atoms with van der Waals surface area (Å²) in [4.78, 5) is 19.8. The molecule has 1 fully saturated rings. The van der Waals surface area contributed by atoms with Crippen LogP contribution in [0.25, 0.3) is 22.0 Å². The summed E-state index contributed by atoms with van der Waals surface area (Å²) in [5.74, 6) is 0.549. The normalized spacial score (nSPS) is 15.9. The quantitative estimate of drug-likeness (QED) is 0.150. The molecule has 1 saturated heterocycles. The molecule has 0 saturated carbocycles. The number of ether oxygens (including phenoxy) is 1. The number of amides is 1. The number of aliphatic hydroxyl groups excluding tert-OH is 2. The van der Waals surface area contributed by atoms with Crippen LogP contribution in [-0.4, -0.2) is 82.7 Å². The number of nitrogens with one attached hydrogen (secondary N) is 1. The van der Waals surface area contributed by atoms with Crippen LogP contribution in [-0.2, 0) is 22.5 Å². The lowest BCUT2D eigenvalue weighted by Crippen LogP contribution is -2.42. The molecule has 0 spiro atoms. The molecule has 5 rings (SSSR count). The summed E-state index contributed by atoms with van der Waals surface area (Å²) in [6, 6.07) is 16.3. The molecule has 1 aliphatic heterocycles. The highest BCUT2D eigenvalue weighted by Crippen LogP contribution is 2.37. The van der Waals surface area contributed by atoms with E-state index >= 15 is 4.39 Å². The minimum absolute atomic E-state index is 0.0594. The molecule has 2 aromatic heterocycles. The summed E-state index contributed by atoms with van der Waals surface area (Å²) >= 11 is 0. The van der Waals surface area contributed by atoms with E-state index < -0.39 is 6.04 Å². The highest BCUT2D eigenvalue weighted by molar-refractivity contribution is 5.86. The average Bonchev–Trinajstić information content (AvgIpc) is 3.36. The Bertz CT molecular complexity index is 1590. The SMILES string of the molecule is COCCCn1c(C2CCCN(C(=O)CC(N)Cc3ccc(-c4ccc(NC(CO)CO)nc4)cc3)C2)c(C)c2cccc(F)c21. The second-order valence-electron chi connectivity index (χ2n) is 12.3. The molecule has 3 heterocycles. The van der Waals surface area contributed by atoms with Gasteiger partial charge in [-0.25, -0.2) is 9.37 Å². The number of aromatic nitrogens is 2. The lowest BCUT2D eigenvalue weighted by atomic mass is 9.91. The number of benzene rings is 2. The number of para-hydroxylation sites is 1. The Morgan fingerprint density at radius 1 is 1.13 bits per heavy atom. The number of nitrogens with zero attached hydrogens (tertiary/aromatic N) is 3. The van der Waals surface area contributed by atoms with E-state index in [0.717, 1.165) is 52.6 Å². The predicted molar refractivity (Wildman–Crippen MR) is 179 cm³/mol. The Labute approximate surface area is 270 Å². The van der Waals surface area contributed by atoms with Crippen molar-refractivity contribution in [3.63, 3.8) is 0 Å². The number of fused-ring (bicyclic) bond motifs is 1. The minimum atomic E-state index is -0.454. The van der Waals surface area contributed by atoms with Gasteiger partial charge in [0.1, 0.15) is 11.6 Å². The van der Waals surface area contributed by atoms with Gasteiger partial charge in [-0.3, -0.25) is 4.79 Å². The van der Waals surface area contributed by atoms with Gasteiger partial charge in [0.05, 0.1) is 24.8 Å². The fourth-order valence-corrected chi connectivity index (χ4v) is 6.68. The van der Waals surface area contributed by atoms with E-state index in [1.807, 2.05) is 47.4 Å².